The normalized spacial score (nSPS) is 20.7. The van der Waals surface area contributed by atoms with Gasteiger partial charge in [0.2, 0.25) is 0 Å². The maximum Gasteiger partial charge on any atom is 0.145 e. The average Bonchev–Trinajstić information content (AvgIpc) is 2.70. The molecule has 1 saturated heterocycles. The molecule has 4 heteroatoms. The van der Waals surface area contributed by atoms with E-state index >= 15 is 0 Å². The lowest BCUT2D eigenvalue weighted by Crippen LogP contribution is -2.29. The van der Waals surface area contributed by atoms with Gasteiger partial charge in [0.05, 0.1) is 5.69 Å². The number of anilines is 1. The van der Waals surface area contributed by atoms with Crippen LogP contribution < -0.4 is 4.90 Å². The predicted molar refractivity (Wildman–Crippen MR) is 58.7 cm³/mol. The molecule has 1 fully saturated rings. The molecule has 1 atom stereocenters. The summed E-state index contributed by atoms with van der Waals surface area (Å²) in [7, 11) is 1.91. The lowest BCUT2D eigenvalue weighted by molar-refractivity contribution is 0.678. The summed E-state index contributed by atoms with van der Waals surface area (Å²) >= 11 is 0. The fraction of sp³-hybridized carbons (Fsp3) is 0.636. The van der Waals surface area contributed by atoms with E-state index in [4.69, 9.17) is 5.26 Å². The van der Waals surface area contributed by atoms with E-state index in [1.165, 1.54) is 12.8 Å². The van der Waals surface area contributed by atoms with E-state index < -0.39 is 0 Å². The predicted octanol–water partition coefficient (Wildman–Crippen LogP) is 1.59. The first-order valence-corrected chi connectivity index (χ1v) is 5.35. The molecule has 1 aliphatic heterocycles. The first-order chi connectivity index (χ1) is 7.15. The van der Waals surface area contributed by atoms with Crippen LogP contribution in [0.4, 0.5) is 5.82 Å². The SMILES string of the molecule is Cc1nn(C)c(N2CCCC2C)c1C#N. The number of aryl methyl sites for hydroxylation is 2. The van der Waals surface area contributed by atoms with E-state index in [-0.39, 0.29) is 0 Å². The van der Waals surface area contributed by atoms with Crippen molar-refractivity contribution in [2.24, 2.45) is 7.05 Å². The van der Waals surface area contributed by atoms with E-state index in [9.17, 15) is 0 Å². The Kier molecular flexibility index (Phi) is 2.39. The molecule has 80 valence electrons. The van der Waals surface area contributed by atoms with Crippen molar-refractivity contribution in [1.82, 2.24) is 9.78 Å². The average molecular weight is 204 g/mol. The molecule has 0 aliphatic carbocycles. The topological polar surface area (TPSA) is 44.9 Å². The maximum absolute atomic E-state index is 9.13. The summed E-state index contributed by atoms with van der Waals surface area (Å²) in [5.74, 6) is 0.986. The number of hydrogen-bond acceptors (Lipinski definition) is 3. The van der Waals surface area contributed by atoms with Gasteiger partial charge in [-0.25, -0.2) is 0 Å². The van der Waals surface area contributed by atoms with Gasteiger partial charge in [0.25, 0.3) is 0 Å². The molecule has 0 spiro atoms. The standard InChI is InChI=1S/C11H16N4/c1-8-5-4-6-15(8)11-10(7-12)9(2)13-14(11)3/h8H,4-6H2,1-3H3. The van der Waals surface area contributed by atoms with Crippen LogP contribution in [0, 0.1) is 18.3 Å². The zero-order valence-corrected chi connectivity index (χ0v) is 9.49. The third-order valence-electron chi connectivity index (χ3n) is 3.13. The molecule has 0 radical (unpaired) electrons. The highest BCUT2D eigenvalue weighted by molar-refractivity contribution is 5.58. The summed E-state index contributed by atoms with van der Waals surface area (Å²) in [4.78, 5) is 2.29. The van der Waals surface area contributed by atoms with Crippen molar-refractivity contribution in [3.8, 4) is 6.07 Å². The Balaban J connectivity index is 2.47. The van der Waals surface area contributed by atoms with Gasteiger partial charge >= 0.3 is 0 Å². The molecular formula is C11H16N4. The summed E-state index contributed by atoms with van der Waals surface area (Å²) in [6, 6.07) is 2.78. The quantitative estimate of drug-likeness (QED) is 0.697. The summed E-state index contributed by atoms with van der Waals surface area (Å²) in [6.45, 7) is 5.13. The fourth-order valence-electron chi connectivity index (χ4n) is 2.35. The van der Waals surface area contributed by atoms with Gasteiger partial charge in [0, 0.05) is 19.6 Å². The zero-order chi connectivity index (χ0) is 11.0. The van der Waals surface area contributed by atoms with E-state index in [1.54, 1.807) is 0 Å². The lowest BCUT2D eigenvalue weighted by Gasteiger charge is -2.23. The minimum Gasteiger partial charge on any atom is -0.353 e. The molecule has 1 aromatic heterocycles. The molecular weight excluding hydrogens is 188 g/mol. The van der Waals surface area contributed by atoms with Crippen molar-refractivity contribution in [2.45, 2.75) is 32.7 Å². The Morgan fingerprint density at radius 2 is 2.27 bits per heavy atom. The molecule has 15 heavy (non-hydrogen) atoms. The maximum atomic E-state index is 9.13. The molecule has 2 rings (SSSR count). The first kappa shape index (κ1) is 10.0. The molecule has 1 unspecified atom stereocenters. The van der Waals surface area contributed by atoms with Crippen LogP contribution in [0.1, 0.15) is 31.0 Å². The monoisotopic (exact) mass is 204 g/mol. The smallest absolute Gasteiger partial charge is 0.145 e. The van der Waals surface area contributed by atoms with E-state index in [0.717, 1.165) is 23.6 Å². The minimum absolute atomic E-state index is 0.520. The van der Waals surface area contributed by atoms with Crippen LogP contribution in [0.15, 0.2) is 0 Å². The fourth-order valence-corrected chi connectivity index (χ4v) is 2.35. The van der Waals surface area contributed by atoms with Crippen LogP contribution in [0.25, 0.3) is 0 Å². The van der Waals surface area contributed by atoms with Crippen molar-refractivity contribution < 1.29 is 0 Å². The second-order valence-electron chi connectivity index (χ2n) is 4.20. The number of nitrogens with zero attached hydrogens (tertiary/aromatic N) is 4. The van der Waals surface area contributed by atoms with Crippen molar-refractivity contribution in [3.63, 3.8) is 0 Å². The highest BCUT2D eigenvalue weighted by Crippen LogP contribution is 2.29. The molecule has 0 N–H and O–H groups in total. The Bertz CT molecular complexity index is 413. The van der Waals surface area contributed by atoms with Gasteiger partial charge in [-0.05, 0) is 26.7 Å². The third-order valence-corrected chi connectivity index (χ3v) is 3.13. The number of hydrogen-bond donors (Lipinski definition) is 0. The van der Waals surface area contributed by atoms with Gasteiger partial charge in [-0.2, -0.15) is 10.4 Å². The zero-order valence-electron chi connectivity index (χ0n) is 9.49. The lowest BCUT2D eigenvalue weighted by atomic mass is 10.2. The Morgan fingerprint density at radius 3 is 2.80 bits per heavy atom. The molecule has 0 bridgehead atoms. The second kappa shape index (κ2) is 3.58. The van der Waals surface area contributed by atoms with Gasteiger partial charge in [-0.3, -0.25) is 4.68 Å². The van der Waals surface area contributed by atoms with E-state index in [2.05, 4.69) is 23.0 Å². The Labute approximate surface area is 90.1 Å². The number of nitriles is 1. The summed E-state index contributed by atoms with van der Waals surface area (Å²) in [6.07, 6.45) is 2.41. The van der Waals surface area contributed by atoms with Crippen LogP contribution in [0.2, 0.25) is 0 Å². The first-order valence-electron chi connectivity index (χ1n) is 5.35. The van der Waals surface area contributed by atoms with Gasteiger partial charge < -0.3 is 4.90 Å². The molecule has 0 aromatic carbocycles. The van der Waals surface area contributed by atoms with Gasteiger partial charge in [-0.1, -0.05) is 0 Å². The number of rotatable bonds is 1. The van der Waals surface area contributed by atoms with Crippen LogP contribution in [-0.2, 0) is 7.05 Å². The highest BCUT2D eigenvalue weighted by atomic mass is 15.4. The summed E-state index contributed by atoms with van der Waals surface area (Å²) in [5, 5.41) is 13.4. The van der Waals surface area contributed by atoms with Crippen molar-refractivity contribution >= 4 is 5.82 Å². The van der Waals surface area contributed by atoms with Crippen LogP contribution in [0.3, 0.4) is 0 Å². The van der Waals surface area contributed by atoms with Crippen LogP contribution in [-0.4, -0.2) is 22.4 Å². The van der Waals surface area contributed by atoms with Gasteiger partial charge in [0.1, 0.15) is 17.5 Å². The molecule has 1 aliphatic rings. The molecule has 1 aromatic rings. The molecule has 4 nitrogen and oxygen atoms in total. The summed E-state index contributed by atoms with van der Waals surface area (Å²) < 4.78 is 1.83. The Morgan fingerprint density at radius 1 is 1.53 bits per heavy atom. The van der Waals surface area contributed by atoms with Crippen molar-refractivity contribution in [2.75, 3.05) is 11.4 Å². The van der Waals surface area contributed by atoms with E-state index in [1.807, 2.05) is 18.7 Å². The largest absolute Gasteiger partial charge is 0.353 e. The third kappa shape index (κ3) is 1.48. The minimum atomic E-state index is 0.520. The van der Waals surface area contributed by atoms with Crippen molar-refractivity contribution in [1.29, 1.82) is 5.26 Å². The summed E-state index contributed by atoms with van der Waals surface area (Å²) in [5.41, 5.74) is 1.56. The molecule has 0 amide bonds. The van der Waals surface area contributed by atoms with Gasteiger partial charge in [-0.15, -0.1) is 0 Å². The van der Waals surface area contributed by atoms with Crippen LogP contribution in [0.5, 0.6) is 0 Å². The highest BCUT2D eigenvalue weighted by Gasteiger charge is 2.26. The van der Waals surface area contributed by atoms with Crippen molar-refractivity contribution in [3.05, 3.63) is 11.3 Å². The molecule has 0 saturated carbocycles. The van der Waals surface area contributed by atoms with Gasteiger partial charge in [0.15, 0.2) is 0 Å². The Hall–Kier alpha value is -1.50. The van der Waals surface area contributed by atoms with E-state index in [0.29, 0.717) is 6.04 Å². The molecule has 2 heterocycles. The number of aromatic nitrogens is 2. The van der Waals surface area contributed by atoms with Crippen LogP contribution >= 0.6 is 0 Å². The second-order valence-corrected chi connectivity index (χ2v) is 4.20.